The second-order valence-electron chi connectivity index (χ2n) is 5.53. The molecule has 0 radical (unpaired) electrons. The van der Waals surface area contributed by atoms with E-state index in [-0.39, 0.29) is 5.91 Å². The van der Waals surface area contributed by atoms with Crippen LogP contribution in [0, 0.1) is 0 Å². The summed E-state index contributed by atoms with van der Waals surface area (Å²) in [6.07, 6.45) is 1.43. The first kappa shape index (κ1) is 15.8. The van der Waals surface area contributed by atoms with Crippen LogP contribution in [0.2, 0.25) is 0 Å². The zero-order valence-electron chi connectivity index (χ0n) is 12.7. The van der Waals surface area contributed by atoms with E-state index in [4.69, 9.17) is 9.47 Å². The molecule has 1 fully saturated rings. The number of hydrogen-bond acceptors (Lipinski definition) is 4. The van der Waals surface area contributed by atoms with Crippen LogP contribution in [-0.2, 0) is 16.0 Å². The van der Waals surface area contributed by atoms with Gasteiger partial charge in [0.15, 0.2) is 0 Å². The Morgan fingerprint density at radius 3 is 2.57 bits per heavy atom. The van der Waals surface area contributed by atoms with E-state index in [1.807, 2.05) is 24.3 Å². The van der Waals surface area contributed by atoms with Crippen LogP contribution >= 0.6 is 0 Å². The first-order chi connectivity index (χ1) is 10.1. The number of hydrogen-bond donors (Lipinski definition) is 1. The Balaban J connectivity index is 1.93. The quantitative estimate of drug-likeness (QED) is 0.887. The summed E-state index contributed by atoms with van der Waals surface area (Å²) in [5, 5.41) is 10.3. The highest BCUT2D eigenvalue weighted by Gasteiger charge is 2.33. The Kier molecular flexibility index (Phi) is 5.20. The second kappa shape index (κ2) is 6.91. The van der Waals surface area contributed by atoms with Crippen molar-refractivity contribution < 1.29 is 19.4 Å². The predicted octanol–water partition coefficient (Wildman–Crippen LogP) is 1.24. The zero-order valence-corrected chi connectivity index (χ0v) is 12.7. The average Bonchev–Trinajstić information content (AvgIpc) is 2.48. The van der Waals surface area contributed by atoms with E-state index < -0.39 is 5.60 Å². The molecule has 0 spiro atoms. The maximum Gasteiger partial charge on any atom is 0.227 e. The molecule has 1 aliphatic rings. The molecule has 0 bridgehead atoms. The van der Waals surface area contributed by atoms with Crippen molar-refractivity contribution in [1.82, 2.24) is 4.90 Å². The highest BCUT2D eigenvalue weighted by Crippen LogP contribution is 2.24. The number of methoxy groups -OCH3 is 2. The maximum absolute atomic E-state index is 12.4. The zero-order chi connectivity index (χ0) is 15.3. The molecule has 0 atom stereocenters. The summed E-state index contributed by atoms with van der Waals surface area (Å²) in [7, 11) is 3.19. The van der Waals surface area contributed by atoms with Gasteiger partial charge in [0.05, 0.1) is 25.7 Å². The first-order valence-electron chi connectivity index (χ1n) is 7.19. The Bertz CT molecular complexity index is 481. The molecule has 1 heterocycles. The predicted molar refractivity (Wildman–Crippen MR) is 79.3 cm³/mol. The lowest BCUT2D eigenvalue weighted by Gasteiger charge is -2.37. The van der Waals surface area contributed by atoms with E-state index in [2.05, 4.69) is 0 Å². The van der Waals surface area contributed by atoms with E-state index in [0.29, 0.717) is 39.0 Å². The van der Waals surface area contributed by atoms with Crippen LogP contribution in [0.15, 0.2) is 24.3 Å². The number of benzene rings is 1. The van der Waals surface area contributed by atoms with Gasteiger partial charge in [-0.25, -0.2) is 0 Å². The number of piperidine rings is 1. The van der Waals surface area contributed by atoms with Gasteiger partial charge in [-0.2, -0.15) is 0 Å². The molecule has 0 saturated carbocycles. The van der Waals surface area contributed by atoms with Gasteiger partial charge in [-0.3, -0.25) is 4.79 Å². The monoisotopic (exact) mass is 293 g/mol. The Labute approximate surface area is 125 Å². The Morgan fingerprint density at radius 2 is 1.95 bits per heavy atom. The minimum absolute atomic E-state index is 0.0685. The topological polar surface area (TPSA) is 59.0 Å². The molecule has 116 valence electrons. The van der Waals surface area contributed by atoms with Gasteiger partial charge >= 0.3 is 0 Å². The number of amides is 1. The Morgan fingerprint density at radius 1 is 1.29 bits per heavy atom. The molecule has 21 heavy (non-hydrogen) atoms. The van der Waals surface area contributed by atoms with Crippen molar-refractivity contribution in [3.05, 3.63) is 29.8 Å². The molecule has 0 unspecified atom stereocenters. The van der Waals surface area contributed by atoms with E-state index >= 15 is 0 Å². The number of carbonyl (C=O) groups is 1. The summed E-state index contributed by atoms with van der Waals surface area (Å²) < 4.78 is 10.3. The first-order valence-corrected chi connectivity index (χ1v) is 7.19. The molecule has 1 aromatic carbocycles. The molecule has 0 aliphatic carbocycles. The summed E-state index contributed by atoms with van der Waals surface area (Å²) in [4.78, 5) is 14.2. The van der Waals surface area contributed by atoms with Crippen LogP contribution in [0.4, 0.5) is 0 Å². The standard InChI is InChI=1S/C16H23NO4/c1-20-12-16(19)7-9-17(10-8-16)15(18)11-13-5-3-4-6-14(13)21-2/h3-6,19H,7-12H2,1-2H3. The summed E-state index contributed by atoms with van der Waals surface area (Å²) in [5.41, 5.74) is 0.0957. The van der Waals surface area contributed by atoms with Crippen molar-refractivity contribution in [2.24, 2.45) is 0 Å². The minimum atomic E-state index is -0.796. The molecule has 1 aromatic rings. The molecular formula is C16H23NO4. The van der Waals surface area contributed by atoms with E-state index in [1.165, 1.54) is 0 Å². The van der Waals surface area contributed by atoms with Gasteiger partial charge < -0.3 is 19.5 Å². The molecular weight excluding hydrogens is 270 g/mol. The highest BCUT2D eigenvalue weighted by molar-refractivity contribution is 5.79. The minimum Gasteiger partial charge on any atom is -0.496 e. The number of ether oxygens (including phenoxy) is 2. The molecule has 5 heteroatoms. The average molecular weight is 293 g/mol. The molecule has 0 aromatic heterocycles. The van der Waals surface area contributed by atoms with Crippen LogP contribution < -0.4 is 4.74 Å². The van der Waals surface area contributed by atoms with E-state index in [0.717, 1.165) is 11.3 Å². The SMILES string of the molecule is COCC1(O)CCN(C(=O)Cc2ccccc2OC)CC1. The lowest BCUT2D eigenvalue weighted by atomic mass is 9.92. The van der Waals surface area contributed by atoms with Gasteiger partial charge in [-0.1, -0.05) is 18.2 Å². The maximum atomic E-state index is 12.4. The van der Waals surface area contributed by atoms with Crippen LogP contribution in [0.1, 0.15) is 18.4 Å². The third kappa shape index (κ3) is 3.95. The smallest absolute Gasteiger partial charge is 0.227 e. The third-order valence-corrected chi connectivity index (χ3v) is 3.99. The van der Waals surface area contributed by atoms with Crippen LogP contribution in [0.25, 0.3) is 0 Å². The van der Waals surface area contributed by atoms with Gasteiger partial charge in [0, 0.05) is 25.8 Å². The van der Waals surface area contributed by atoms with E-state index in [1.54, 1.807) is 19.1 Å². The fraction of sp³-hybridized carbons (Fsp3) is 0.562. The van der Waals surface area contributed by atoms with Gasteiger partial charge in [0.25, 0.3) is 0 Å². The fourth-order valence-electron chi connectivity index (χ4n) is 2.71. The highest BCUT2D eigenvalue weighted by atomic mass is 16.5. The van der Waals surface area contributed by atoms with E-state index in [9.17, 15) is 9.90 Å². The van der Waals surface area contributed by atoms with Gasteiger partial charge in [0.1, 0.15) is 5.75 Å². The number of para-hydroxylation sites is 1. The van der Waals surface area contributed by atoms with Crippen molar-refractivity contribution in [3.8, 4) is 5.75 Å². The fourth-order valence-corrected chi connectivity index (χ4v) is 2.71. The van der Waals surface area contributed by atoms with Crippen molar-refractivity contribution in [2.75, 3.05) is 33.9 Å². The molecule has 1 aliphatic heterocycles. The van der Waals surface area contributed by atoms with Crippen LogP contribution in [0.5, 0.6) is 5.75 Å². The summed E-state index contributed by atoms with van der Waals surface area (Å²) in [6, 6.07) is 7.55. The number of aliphatic hydroxyl groups is 1. The molecule has 2 rings (SSSR count). The summed E-state index contributed by atoms with van der Waals surface area (Å²) in [5.74, 6) is 0.803. The van der Waals surface area contributed by atoms with Crippen molar-refractivity contribution in [2.45, 2.75) is 24.9 Å². The number of rotatable bonds is 5. The number of likely N-dealkylation sites (tertiary alicyclic amines) is 1. The number of carbonyl (C=O) groups excluding carboxylic acids is 1. The lowest BCUT2D eigenvalue weighted by Crippen LogP contribution is -2.49. The van der Waals surface area contributed by atoms with Gasteiger partial charge in [0.2, 0.25) is 5.91 Å². The normalized spacial score (nSPS) is 17.6. The van der Waals surface area contributed by atoms with Gasteiger partial charge in [-0.15, -0.1) is 0 Å². The summed E-state index contributed by atoms with van der Waals surface area (Å²) in [6.45, 7) is 1.45. The summed E-state index contributed by atoms with van der Waals surface area (Å²) >= 11 is 0. The van der Waals surface area contributed by atoms with Crippen LogP contribution in [0.3, 0.4) is 0 Å². The van der Waals surface area contributed by atoms with Crippen LogP contribution in [-0.4, -0.2) is 55.4 Å². The van der Waals surface area contributed by atoms with Crippen molar-refractivity contribution in [1.29, 1.82) is 0 Å². The Hall–Kier alpha value is -1.59. The molecule has 1 N–H and O–H groups in total. The second-order valence-corrected chi connectivity index (χ2v) is 5.53. The third-order valence-electron chi connectivity index (χ3n) is 3.99. The molecule has 5 nitrogen and oxygen atoms in total. The largest absolute Gasteiger partial charge is 0.496 e. The number of nitrogens with zero attached hydrogens (tertiary/aromatic N) is 1. The van der Waals surface area contributed by atoms with Crippen molar-refractivity contribution in [3.63, 3.8) is 0 Å². The molecule has 1 saturated heterocycles. The van der Waals surface area contributed by atoms with Gasteiger partial charge in [-0.05, 0) is 18.9 Å². The lowest BCUT2D eigenvalue weighted by molar-refractivity contribution is -0.136. The molecule has 1 amide bonds. The van der Waals surface area contributed by atoms with Crippen molar-refractivity contribution >= 4 is 5.91 Å².